The molecular weight excluding hydrogens is 372 g/mol. The first-order chi connectivity index (χ1) is 14.1. The lowest BCUT2D eigenvalue weighted by Crippen LogP contribution is -2.15. The first-order valence-electron chi connectivity index (χ1n) is 8.85. The van der Waals surface area contributed by atoms with E-state index in [1.165, 1.54) is 14.2 Å². The van der Waals surface area contributed by atoms with E-state index in [0.29, 0.717) is 45.5 Å². The summed E-state index contributed by atoms with van der Waals surface area (Å²) in [6.07, 6.45) is 0. The molecule has 0 unspecified atom stereocenters. The SMILES string of the molecule is COc1cccc(C(=O)Nc2ccc3c(c2)C(=O)Nc2ccccc2O3)c1OC. The molecule has 7 heteroatoms. The van der Waals surface area contributed by atoms with Crippen LogP contribution < -0.4 is 24.8 Å². The van der Waals surface area contributed by atoms with E-state index in [0.717, 1.165) is 0 Å². The fourth-order valence-corrected chi connectivity index (χ4v) is 3.11. The second-order valence-electron chi connectivity index (χ2n) is 6.26. The van der Waals surface area contributed by atoms with E-state index in [1.54, 1.807) is 48.5 Å². The quantitative estimate of drug-likeness (QED) is 0.693. The van der Waals surface area contributed by atoms with E-state index >= 15 is 0 Å². The minimum absolute atomic E-state index is 0.315. The number of anilines is 2. The van der Waals surface area contributed by atoms with Crippen LogP contribution in [0, 0.1) is 0 Å². The van der Waals surface area contributed by atoms with Crippen molar-refractivity contribution >= 4 is 23.2 Å². The Hall–Kier alpha value is -4.00. The highest BCUT2D eigenvalue weighted by atomic mass is 16.5. The second kappa shape index (κ2) is 7.55. The maximum atomic E-state index is 12.8. The van der Waals surface area contributed by atoms with Crippen molar-refractivity contribution < 1.29 is 23.8 Å². The van der Waals surface area contributed by atoms with Crippen LogP contribution in [0.3, 0.4) is 0 Å². The van der Waals surface area contributed by atoms with Crippen LogP contribution in [0.25, 0.3) is 0 Å². The molecule has 146 valence electrons. The first kappa shape index (κ1) is 18.4. The molecule has 0 saturated carbocycles. The molecule has 2 N–H and O–H groups in total. The Kier molecular flexibility index (Phi) is 4.78. The molecule has 29 heavy (non-hydrogen) atoms. The number of nitrogens with one attached hydrogen (secondary N) is 2. The number of ether oxygens (including phenoxy) is 3. The van der Waals surface area contributed by atoms with Gasteiger partial charge in [0.2, 0.25) is 0 Å². The molecular formula is C22H18N2O5. The maximum Gasteiger partial charge on any atom is 0.259 e. The molecule has 1 heterocycles. The summed E-state index contributed by atoms with van der Waals surface area (Å²) in [6, 6.07) is 17.1. The van der Waals surface area contributed by atoms with E-state index in [4.69, 9.17) is 14.2 Å². The van der Waals surface area contributed by atoms with E-state index in [-0.39, 0.29) is 11.8 Å². The van der Waals surface area contributed by atoms with Gasteiger partial charge in [-0.15, -0.1) is 0 Å². The zero-order valence-corrected chi connectivity index (χ0v) is 15.8. The summed E-state index contributed by atoms with van der Waals surface area (Å²) in [5.41, 5.74) is 1.66. The first-order valence-corrected chi connectivity index (χ1v) is 8.85. The van der Waals surface area contributed by atoms with Crippen LogP contribution in [-0.4, -0.2) is 26.0 Å². The molecule has 3 aromatic rings. The van der Waals surface area contributed by atoms with Crippen molar-refractivity contribution in [3.05, 3.63) is 71.8 Å². The maximum absolute atomic E-state index is 12.8. The minimum atomic E-state index is -0.390. The third-order valence-electron chi connectivity index (χ3n) is 4.48. The van der Waals surface area contributed by atoms with Crippen LogP contribution in [0.5, 0.6) is 23.0 Å². The smallest absolute Gasteiger partial charge is 0.259 e. The largest absolute Gasteiger partial charge is 0.493 e. The van der Waals surface area contributed by atoms with Gasteiger partial charge in [-0.05, 0) is 42.5 Å². The van der Waals surface area contributed by atoms with Gasteiger partial charge < -0.3 is 24.8 Å². The highest BCUT2D eigenvalue weighted by molar-refractivity contribution is 6.10. The third kappa shape index (κ3) is 3.45. The molecule has 0 fully saturated rings. The number of carbonyl (C=O) groups is 2. The van der Waals surface area contributed by atoms with Gasteiger partial charge in [-0.1, -0.05) is 18.2 Å². The highest BCUT2D eigenvalue weighted by Crippen LogP contribution is 2.37. The molecule has 7 nitrogen and oxygen atoms in total. The molecule has 2 amide bonds. The molecule has 4 rings (SSSR count). The summed E-state index contributed by atoms with van der Waals surface area (Å²) < 4.78 is 16.4. The van der Waals surface area contributed by atoms with Gasteiger partial charge in [0.15, 0.2) is 17.2 Å². The van der Waals surface area contributed by atoms with Crippen molar-refractivity contribution in [1.82, 2.24) is 0 Å². The molecule has 0 saturated heterocycles. The Bertz CT molecular complexity index is 1110. The molecule has 0 atom stereocenters. The van der Waals surface area contributed by atoms with Gasteiger partial charge in [0.25, 0.3) is 11.8 Å². The number of carbonyl (C=O) groups excluding carboxylic acids is 2. The third-order valence-corrected chi connectivity index (χ3v) is 4.48. The molecule has 0 aliphatic carbocycles. The Morgan fingerprint density at radius 1 is 0.966 bits per heavy atom. The van der Waals surface area contributed by atoms with Gasteiger partial charge in [-0.2, -0.15) is 0 Å². The van der Waals surface area contributed by atoms with Crippen LogP contribution in [0.2, 0.25) is 0 Å². The summed E-state index contributed by atoms with van der Waals surface area (Å²) >= 11 is 0. The standard InChI is InChI=1S/C22H18N2O5/c1-27-19-9-5-6-14(20(19)28-2)21(25)23-13-10-11-17-15(12-13)22(26)24-16-7-3-4-8-18(16)29-17/h3-12H,1-2H3,(H,23,25)(H,24,26). The van der Waals surface area contributed by atoms with Crippen molar-refractivity contribution in [1.29, 1.82) is 0 Å². The Morgan fingerprint density at radius 3 is 2.59 bits per heavy atom. The molecule has 3 aromatic carbocycles. The van der Waals surface area contributed by atoms with Gasteiger partial charge in [0.1, 0.15) is 5.75 Å². The number of methoxy groups -OCH3 is 2. The van der Waals surface area contributed by atoms with Crippen molar-refractivity contribution in [3.63, 3.8) is 0 Å². The average molecular weight is 390 g/mol. The summed E-state index contributed by atoms with van der Waals surface area (Å²) in [5, 5.41) is 5.60. The zero-order valence-electron chi connectivity index (χ0n) is 15.8. The minimum Gasteiger partial charge on any atom is -0.493 e. The molecule has 0 radical (unpaired) electrons. The van der Waals surface area contributed by atoms with Gasteiger partial charge in [-0.3, -0.25) is 9.59 Å². The molecule has 0 bridgehead atoms. The number of benzene rings is 3. The fraction of sp³-hybridized carbons (Fsp3) is 0.0909. The predicted molar refractivity (Wildman–Crippen MR) is 108 cm³/mol. The zero-order chi connectivity index (χ0) is 20.4. The van der Waals surface area contributed by atoms with Gasteiger partial charge in [-0.25, -0.2) is 0 Å². The Labute approximate surface area is 167 Å². The summed E-state index contributed by atoms with van der Waals surface area (Å²) in [7, 11) is 2.97. The summed E-state index contributed by atoms with van der Waals surface area (Å²) in [6.45, 7) is 0. The average Bonchev–Trinajstić information content (AvgIpc) is 2.88. The number of rotatable bonds is 4. The lowest BCUT2D eigenvalue weighted by molar-refractivity contribution is 0.101. The highest BCUT2D eigenvalue weighted by Gasteiger charge is 2.22. The normalized spacial score (nSPS) is 11.9. The van der Waals surface area contributed by atoms with Gasteiger partial charge in [0.05, 0.1) is 31.0 Å². The van der Waals surface area contributed by atoms with Crippen LogP contribution in [0.15, 0.2) is 60.7 Å². The number of hydrogen-bond donors (Lipinski definition) is 2. The van der Waals surface area contributed by atoms with Crippen molar-refractivity contribution in [3.8, 4) is 23.0 Å². The predicted octanol–water partition coefficient (Wildman–Crippen LogP) is 4.31. The van der Waals surface area contributed by atoms with Gasteiger partial charge >= 0.3 is 0 Å². The van der Waals surface area contributed by atoms with E-state index in [1.807, 2.05) is 12.1 Å². The molecule has 0 aromatic heterocycles. The van der Waals surface area contributed by atoms with Gasteiger partial charge in [0, 0.05) is 5.69 Å². The lowest BCUT2D eigenvalue weighted by Gasteiger charge is -2.13. The summed E-state index contributed by atoms with van der Waals surface area (Å²) in [5.74, 6) is 1.03. The summed E-state index contributed by atoms with van der Waals surface area (Å²) in [4.78, 5) is 25.4. The Balaban J connectivity index is 1.63. The van der Waals surface area contributed by atoms with E-state index in [2.05, 4.69) is 10.6 Å². The number of fused-ring (bicyclic) bond motifs is 2. The van der Waals surface area contributed by atoms with Crippen LogP contribution in [0.4, 0.5) is 11.4 Å². The number of para-hydroxylation sites is 3. The number of hydrogen-bond acceptors (Lipinski definition) is 5. The fourth-order valence-electron chi connectivity index (χ4n) is 3.11. The monoisotopic (exact) mass is 390 g/mol. The molecule has 0 spiro atoms. The molecule has 1 aliphatic heterocycles. The van der Waals surface area contributed by atoms with Crippen LogP contribution in [0.1, 0.15) is 20.7 Å². The van der Waals surface area contributed by atoms with Crippen molar-refractivity contribution in [2.75, 3.05) is 24.9 Å². The topological polar surface area (TPSA) is 85.9 Å². The lowest BCUT2D eigenvalue weighted by atomic mass is 10.1. The second-order valence-corrected chi connectivity index (χ2v) is 6.26. The number of amides is 2. The van der Waals surface area contributed by atoms with Crippen LogP contribution in [-0.2, 0) is 0 Å². The van der Waals surface area contributed by atoms with Crippen molar-refractivity contribution in [2.45, 2.75) is 0 Å². The molecule has 1 aliphatic rings. The van der Waals surface area contributed by atoms with Crippen LogP contribution >= 0.6 is 0 Å². The van der Waals surface area contributed by atoms with Crippen molar-refractivity contribution in [2.24, 2.45) is 0 Å². The van der Waals surface area contributed by atoms with E-state index in [9.17, 15) is 9.59 Å². The van der Waals surface area contributed by atoms with E-state index < -0.39 is 0 Å². The Morgan fingerprint density at radius 2 is 1.79 bits per heavy atom.